The molecule has 0 radical (unpaired) electrons. The van der Waals surface area contributed by atoms with Gasteiger partial charge in [-0.25, -0.2) is 9.78 Å². The van der Waals surface area contributed by atoms with Crippen molar-refractivity contribution in [2.24, 2.45) is 29.6 Å². The molecule has 4 fully saturated rings. The first-order valence-electron chi connectivity index (χ1n) is 14.1. The van der Waals surface area contributed by atoms with E-state index in [2.05, 4.69) is 31.7 Å². The van der Waals surface area contributed by atoms with Gasteiger partial charge in [0.1, 0.15) is 5.82 Å². The van der Waals surface area contributed by atoms with Gasteiger partial charge in [0, 0.05) is 42.3 Å². The highest BCUT2D eigenvalue weighted by molar-refractivity contribution is 9.10. The van der Waals surface area contributed by atoms with Crippen molar-refractivity contribution >= 4 is 45.0 Å². The number of nitrogens with one attached hydrogen (secondary N) is 2. The molecule has 200 valence electrons. The van der Waals surface area contributed by atoms with Gasteiger partial charge in [0.15, 0.2) is 5.65 Å². The number of amides is 2. The van der Waals surface area contributed by atoms with Crippen LogP contribution >= 0.6 is 27.5 Å². The van der Waals surface area contributed by atoms with Gasteiger partial charge in [-0.15, -0.1) is 0 Å². The molecule has 6 atom stereocenters. The average molecular weight is 598 g/mol. The number of rotatable bonds is 7. The lowest BCUT2D eigenvalue weighted by atomic mass is 9.97. The Morgan fingerprint density at radius 2 is 1.97 bits per heavy atom. The number of carbonyl (C=O) groups excluding carboxylic acids is 1. The molecular weight excluding hydrogens is 564 g/mol. The van der Waals surface area contributed by atoms with Crippen molar-refractivity contribution in [3.63, 3.8) is 0 Å². The van der Waals surface area contributed by atoms with Crippen LogP contribution in [0, 0.1) is 29.6 Å². The molecule has 2 amide bonds. The lowest BCUT2D eigenvalue weighted by Crippen LogP contribution is -2.47. The Balaban J connectivity index is 0.970. The number of aromatic nitrogens is 3. The molecule has 3 unspecified atom stereocenters. The molecule has 0 spiro atoms. The second kappa shape index (κ2) is 10.0. The van der Waals surface area contributed by atoms with Crippen LogP contribution in [0.3, 0.4) is 0 Å². The Hall–Kier alpha value is -2.32. The van der Waals surface area contributed by atoms with E-state index in [1.165, 1.54) is 32.1 Å². The lowest BCUT2D eigenvalue weighted by molar-refractivity contribution is 0.167. The number of likely N-dealkylation sites (tertiary alicyclic amines) is 1. The van der Waals surface area contributed by atoms with Crippen LogP contribution in [0.2, 0.25) is 5.02 Å². The zero-order valence-corrected chi connectivity index (χ0v) is 23.8. The molecule has 4 aliphatic rings. The minimum Gasteiger partial charge on any atom is -0.370 e. The van der Waals surface area contributed by atoms with Crippen LogP contribution in [0.25, 0.3) is 16.9 Å². The zero-order chi connectivity index (χ0) is 25.8. The minimum atomic E-state index is 0.125. The number of benzene rings is 1. The van der Waals surface area contributed by atoms with E-state index in [9.17, 15) is 4.79 Å². The van der Waals surface area contributed by atoms with Crippen molar-refractivity contribution in [2.45, 2.75) is 51.0 Å². The number of nitrogens with zero attached hydrogens (tertiary/aromatic N) is 4. The maximum atomic E-state index is 13.1. The van der Waals surface area contributed by atoms with Crippen LogP contribution in [0.15, 0.2) is 41.0 Å². The second-order valence-electron chi connectivity index (χ2n) is 12.0. The highest BCUT2D eigenvalue weighted by Crippen LogP contribution is 2.57. The predicted octanol–water partition coefficient (Wildman–Crippen LogP) is 6.47. The highest BCUT2D eigenvalue weighted by atomic mass is 79.9. The van der Waals surface area contributed by atoms with Crippen molar-refractivity contribution in [3.8, 4) is 11.3 Å². The smallest absolute Gasteiger partial charge is 0.317 e. The maximum Gasteiger partial charge on any atom is 0.317 e. The molecule has 1 saturated heterocycles. The van der Waals surface area contributed by atoms with Crippen LogP contribution in [0.4, 0.5) is 10.6 Å². The molecule has 38 heavy (non-hydrogen) atoms. The molecular formula is C29H34BrClN6O. The molecule has 1 aromatic carbocycles. The first kappa shape index (κ1) is 24.7. The Bertz CT molecular complexity index is 1350. The first-order valence-corrected chi connectivity index (χ1v) is 15.3. The molecule has 2 N–H and O–H groups in total. The van der Waals surface area contributed by atoms with Gasteiger partial charge in [-0.1, -0.05) is 29.8 Å². The van der Waals surface area contributed by atoms with E-state index in [-0.39, 0.29) is 6.03 Å². The Kier molecular flexibility index (Phi) is 6.51. The zero-order valence-electron chi connectivity index (χ0n) is 21.5. The van der Waals surface area contributed by atoms with Crippen LogP contribution in [0.5, 0.6) is 0 Å². The normalized spacial score (nSPS) is 29.8. The number of piperidine rings is 1. The molecule has 3 heterocycles. The van der Waals surface area contributed by atoms with Gasteiger partial charge in [0.05, 0.1) is 16.4 Å². The van der Waals surface area contributed by atoms with Crippen LogP contribution in [0.1, 0.15) is 44.9 Å². The Labute approximate surface area is 236 Å². The van der Waals surface area contributed by atoms with E-state index in [0.29, 0.717) is 22.9 Å². The van der Waals surface area contributed by atoms with Crippen LogP contribution in [-0.4, -0.2) is 51.2 Å². The third-order valence-electron chi connectivity index (χ3n) is 9.17. The van der Waals surface area contributed by atoms with Crippen molar-refractivity contribution in [1.82, 2.24) is 24.8 Å². The third kappa shape index (κ3) is 5.02. The maximum absolute atomic E-state index is 13.1. The molecule has 0 bridgehead atoms. The van der Waals surface area contributed by atoms with E-state index < -0.39 is 0 Å². The summed E-state index contributed by atoms with van der Waals surface area (Å²) in [6, 6.07) is 10.3. The van der Waals surface area contributed by atoms with Gasteiger partial charge in [-0.3, -0.25) is 0 Å². The van der Waals surface area contributed by atoms with Gasteiger partial charge in [0.2, 0.25) is 0 Å². The molecule has 9 heteroatoms. The van der Waals surface area contributed by atoms with Crippen LogP contribution < -0.4 is 10.6 Å². The standard InChI is InChI=1S/C29H34BrClN6O/c30-23-15-33-37-27(13-26(34-28(23)37)22-5-1-2-6-24(22)31)32-14-17-4-3-7-36(16-17)29(38)35-25-12-21(25)10-18-8-19-11-20(19)9-18/h1-2,5-6,13,15,17-21,25,32H,3-4,7-12,14,16H2,(H,35,38)/t17?,18?,19-,20?,21+,25-/m1/s1. The van der Waals surface area contributed by atoms with Gasteiger partial charge >= 0.3 is 6.03 Å². The monoisotopic (exact) mass is 596 g/mol. The molecule has 3 aliphatic carbocycles. The lowest BCUT2D eigenvalue weighted by Gasteiger charge is -2.33. The Morgan fingerprint density at radius 1 is 1.13 bits per heavy atom. The highest BCUT2D eigenvalue weighted by Gasteiger charge is 2.49. The predicted molar refractivity (Wildman–Crippen MR) is 153 cm³/mol. The fraction of sp³-hybridized carbons (Fsp3) is 0.552. The van der Waals surface area contributed by atoms with Gasteiger partial charge in [-0.05, 0) is 96.5 Å². The number of hydrogen-bond acceptors (Lipinski definition) is 4. The summed E-state index contributed by atoms with van der Waals surface area (Å²) in [4.78, 5) is 19.9. The van der Waals surface area contributed by atoms with Crippen molar-refractivity contribution in [3.05, 3.63) is 46.0 Å². The molecule has 7 rings (SSSR count). The van der Waals surface area contributed by atoms with Crippen LogP contribution in [-0.2, 0) is 0 Å². The van der Waals surface area contributed by atoms with Gasteiger partial charge < -0.3 is 15.5 Å². The molecule has 3 aromatic rings. The van der Waals surface area contributed by atoms with E-state index in [0.717, 1.165) is 77.4 Å². The van der Waals surface area contributed by atoms with Gasteiger partial charge in [-0.2, -0.15) is 9.61 Å². The van der Waals surface area contributed by atoms with E-state index >= 15 is 0 Å². The fourth-order valence-electron chi connectivity index (χ4n) is 6.93. The summed E-state index contributed by atoms with van der Waals surface area (Å²) in [5.41, 5.74) is 2.42. The largest absolute Gasteiger partial charge is 0.370 e. The molecule has 1 aliphatic heterocycles. The summed E-state index contributed by atoms with van der Waals surface area (Å²) in [5.74, 6) is 4.96. The van der Waals surface area contributed by atoms with Crippen molar-refractivity contribution in [1.29, 1.82) is 0 Å². The number of anilines is 1. The molecule has 3 saturated carbocycles. The molecule has 7 nitrogen and oxygen atoms in total. The average Bonchev–Trinajstić information content (AvgIpc) is 3.76. The van der Waals surface area contributed by atoms with E-state index in [1.807, 2.05) is 39.7 Å². The summed E-state index contributed by atoms with van der Waals surface area (Å²) < 4.78 is 2.65. The third-order valence-corrected chi connectivity index (χ3v) is 10.1. The second-order valence-corrected chi connectivity index (χ2v) is 13.2. The van der Waals surface area contributed by atoms with Crippen molar-refractivity contribution < 1.29 is 4.79 Å². The number of hydrogen-bond donors (Lipinski definition) is 2. The quantitative estimate of drug-likeness (QED) is 0.327. The van der Waals surface area contributed by atoms with Gasteiger partial charge in [0.25, 0.3) is 0 Å². The summed E-state index contributed by atoms with van der Waals surface area (Å²) in [6.07, 6.45) is 10.8. The fourth-order valence-corrected chi connectivity index (χ4v) is 7.51. The SMILES string of the molecule is O=C(N[C@@H]1C[C@@H]1CC1CC2C[C@H]2C1)N1CCCC(CNc2cc(-c3ccccc3Cl)nc3c(Br)cnn23)C1. The summed E-state index contributed by atoms with van der Waals surface area (Å²) in [6.45, 7) is 2.38. The van der Waals surface area contributed by atoms with E-state index in [1.54, 1.807) is 6.20 Å². The summed E-state index contributed by atoms with van der Waals surface area (Å²) >= 11 is 10.1. The topological polar surface area (TPSA) is 74.6 Å². The van der Waals surface area contributed by atoms with E-state index in [4.69, 9.17) is 16.6 Å². The number of halogens is 2. The first-order chi connectivity index (χ1) is 18.5. The number of fused-ring (bicyclic) bond motifs is 2. The number of carbonyl (C=O) groups is 1. The Morgan fingerprint density at radius 3 is 2.82 bits per heavy atom. The molecule has 2 aromatic heterocycles. The summed E-state index contributed by atoms with van der Waals surface area (Å²) in [5, 5.41) is 12.1. The summed E-state index contributed by atoms with van der Waals surface area (Å²) in [7, 11) is 0. The minimum absolute atomic E-state index is 0.125. The number of urea groups is 1. The van der Waals surface area contributed by atoms with Crippen molar-refractivity contribution in [2.75, 3.05) is 25.0 Å².